The molecule has 0 atom stereocenters. The Bertz CT molecular complexity index is 841. The van der Waals surface area contributed by atoms with Gasteiger partial charge in [0.15, 0.2) is 0 Å². The molecule has 0 bridgehead atoms. The van der Waals surface area contributed by atoms with Gasteiger partial charge >= 0.3 is 0 Å². The second kappa shape index (κ2) is 7.02. The van der Waals surface area contributed by atoms with Gasteiger partial charge in [-0.05, 0) is 49.4 Å². The minimum Gasteiger partial charge on any atom is -0.399 e. The SMILES string of the molecule is CC.Cc1ccc(N2c3ccccc3Sc3ccc(N)cc32)cc1. The highest BCUT2D eigenvalue weighted by Gasteiger charge is 2.24. The van der Waals surface area contributed by atoms with E-state index in [1.165, 1.54) is 21.0 Å². The van der Waals surface area contributed by atoms with Crippen LogP contribution in [-0.2, 0) is 0 Å². The standard InChI is InChI=1S/C19H16N2S.C2H6/c1-13-6-9-15(10-7-13)21-16-4-2-3-5-18(16)22-19-11-8-14(20)12-17(19)21;1-2/h2-12H,20H2,1H3;1-2H3. The van der Waals surface area contributed by atoms with Crippen molar-refractivity contribution in [2.75, 3.05) is 10.6 Å². The van der Waals surface area contributed by atoms with Gasteiger partial charge in [0.05, 0.1) is 11.4 Å². The van der Waals surface area contributed by atoms with Crippen molar-refractivity contribution in [1.29, 1.82) is 0 Å². The number of nitrogens with two attached hydrogens (primary N) is 1. The van der Waals surface area contributed by atoms with Gasteiger partial charge in [-0.15, -0.1) is 0 Å². The molecule has 4 rings (SSSR count). The molecule has 0 radical (unpaired) electrons. The molecule has 0 aliphatic carbocycles. The van der Waals surface area contributed by atoms with E-state index >= 15 is 0 Å². The number of para-hydroxylation sites is 1. The quantitative estimate of drug-likeness (QED) is 0.401. The number of hydrogen-bond acceptors (Lipinski definition) is 3. The second-order valence-electron chi connectivity index (χ2n) is 5.47. The molecule has 0 unspecified atom stereocenters. The van der Waals surface area contributed by atoms with E-state index in [1.807, 2.05) is 19.9 Å². The molecule has 2 nitrogen and oxygen atoms in total. The van der Waals surface area contributed by atoms with Crippen LogP contribution >= 0.6 is 11.8 Å². The van der Waals surface area contributed by atoms with Gasteiger partial charge in [-0.25, -0.2) is 0 Å². The Morgan fingerprint density at radius 1 is 0.792 bits per heavy atom. The number of fused-ring (bicyclic) bond motifs is 2. The van der Waals surface area contributed by atoms with Gasteiger partial charge < -0.3 is 10.6 Å². The summed E-state index contributed by atoms with van der Waals surface area (Å²) in [7, 11) is 0. The van der Waals surface area contributed by atoms with Crippen LogP contribution in [0.15, 0.2) is 76.5 Å². The third-order valence-corrected chi connectivity index (χ3v) is 4.97. The van der Waals surface area contributed by atoms with Gasteiger partial charge in [0.25, 0.3) is 0 Å². The summed E-state index contributed by atoms with van der Waals surface area (Å²) < 4.78 is 0. The molecule has 3 aromatic rings. The van der Waals surface area contributed by atoms with Gasteiger partial charge in [0.1, 0.15) is 0 Å². The molecule has 1 aliphatic rings. The number of rotatable bonds is 1. The fourth-order valence-corrected chi connectivity index (χ4v) is 3.78. The van der Waals surface area contributed by atoms with Gasteiger partial charge in [0, 0.05) is 21.2 Å². The highest BCUT2D eigenvalue weighted by Crippen LogP contribution is 2.51. The van der Waals surface area contributed by atoms with Crippen LogP contribution in [0.4, 0.5) is 22.7 Å². The van der Waals surface area contributed by atoms with Crippen LogP contribution in [0.25, 0.3) is 0 Å². The average Bonchev–Trinajstić information content (AvgIpc) is 2.62. The van der Waals surface area contributed by atoms with E-state index < -0.39 is 0 Å². The predicted octanol–water partition coefficient (Wildman–Crippen LogP) is 6.54. The van der Waals surface area contributed by atoms with Crippen molar-refractivity contribution in [3.8, 4) is 0 Å². The summed E-state index contributed by atoms with van der Waals surface area (Å²) in [6, 6.07) is 23.2. The first-order valence-corrected chi connectivity index (χ1v) is 9.07. The van der Waals surface area contributed by atoms with Crippen LogP contribution in [0, 0.1) is 6.92 Å². The number of aryl methyl sites for hydroxylation is 1. The fraction of sp³-hybridized carbons (Fsp3) is 0.143. The van der Waals surface area contributed by atoms with Crippen molar-refractivity contribution in [3.05, 3.63) is 72.3 Å². The van der Waals surface area contributed by atoms with E-state index in [0.29, 0.717) is 0 Å². The molecule has 3 aromatic carbocycles. The van der Waals surface area contributed by atoms with Crippen molar-refractivity contribution < 1.29 is 0 Å². The summed E-state index contributed by atoms with van der Waals surface area (Å²) in [5.41, 5.74) is 11.6. The molecule has 0 spiro atoms. The molecule has 24 heavy (non-hydrogen) atoms. The molecule has 122 valence electrons. The molecule has 0 fully saturated rings. The lowest BCUT2D eigenvalue weighted by Gasteiger charge is -2.33. The average molecular weight is 334 g/mol. The number of anilines is 4. The summed E-state index contributed by atoms with van der Waals surface area (Å²) >= 11 is 1.80. The lowest BCUT2D eigenvalue weighted by atomic mass is 10.1. The van der Waals surface area contributed by atoms with Gasteiger partial charge in [-0.1, -0.05) is 55.4 Å². The monoisotopic (exact) mass is 334 g/mol. The first kappa shape index (κ1) is 16.5. The first-order valence-electron chi connectivity index (χ1n) is 8.25. The van der Waals surface area contributed by atoms with E-state index in [4.69, 9.17) is 5.73 Å². The van der Waals surface area contributed by atoms with Crippen molar-refractivity contribution in [1.82, 2.24) is 0 Å². The maximum Gasteiger partial charge on any atom is 0.0622 e. The lowest BCUT2D eigenvalue weighted by molar-refractivity contribution is 1.16. The Balaban J connectivity index is 0.000000815. The highest BCUT2D eigenvalue weighted by atomic mass is 32.2. The zero-order valence-corrected chi connectivity index (χ0v) is 15.1. The molecule has 1 heterocycles. The van der Waals surface area contributed by atoms with Crippen LogP contribution in [0.5, 0.6) is 0 Å². The summed E-state index contributed by atoms with van der Waals surface area (Å²) in [5, 5.41) is 0. The van der Waals surface area contributed by atoms with Gasteiger partial charge in [-0.3, -0.25) is 0 Å². The Morgan fingerprint density at radius 2 is 1.46 bits per heavy atom. The molecular formula is C21H22N2S. The van der Waals surface area contributed by atoms with E-state index in [9.17, 15) is 0 Å². The molecule has 2 N–H and O–H groups in total. The maximum atomic E-state index is 6.03. The number of nitrogen functional groups attached to an aromatic ring is 1. The number of hydrogen-bond donors (Lipinski definition) is 1. The number of benzene rings is 3. The largest absolute Gasteiger partial charge is 0.399 e. The third-order valence-electron chi connectivity index (χ3n) is 3.84. The topological polar surface area (TPSA) is 29.3 Å². The van der Waals surface area contributed by atoms with Crippen LogP contribution in [0.2, 0.25) is 0 Å². The van der Waals surface area contributed by atoms with Crippen molar-refractivity contribution in [2.45, 2.75) is 30.6 Å². The second-order valence-corrected chi connectivity index (χ2v) is 6.55. The minimum atomic E-state index is 0.788. The third kappa shape index (κ3) is 3.00. The molecule has 3 heteroatoms. The summed E-state index contributed by atoms with van der Waals surface area (Å²) in [6.45, 7) is 6.11. The van der Waals surface area contributed by atoms with E-state index in [2.05, 4.69) is 72.5 Å². The van der Waals surface area contributed by atoms with Gasteiger partial charge in [0.2, 0.25) is 0 Å². The van der Waals surface area contributed by atoms with E-state index in [0.717, 1.165) is 17.1 Å². The Labute approximate surface area is 148 Å². The summed E-state index contributed by atoms with van der Waals surface area (Å²) in [6.07, 6.45) is 0. The smallest absolute Gasteiger partial charge is 0.0622 e. The molecule has 0 saturated carbocycles. The predicted molar refractivity (Wildman–Crippen MR) is 106 cm³/mol. The zero-order chi connectivity index (χ0) is 17.1. The molecule has 0 saturated heterocycles. The maximum absolute atomic E-state index is 6.03. The zero-order valence-electron chi connectivity index (χ0n) is 14.3. The van der Waals surface area contributed by atoms with Crippen LogP contribution < -0.4 is 10.6 Å². The van der Waals surface area contributed by atoms with Crippen LogP contribution in [-0.4, -0.2) is 0 Å². The lowest BCUT2D eigenvalue weighted by Crippen LogP contribution is -2.15. The van der Waals surface area contributed by atoms with Crippen molar-refractivity contribution in [3.63, 3.8) is 0 Å². The van der Waals surface area contributed by atoms with Crippen LogP contribution in [0.3, 0.4) is 0 Å². The highest BCUT2D eigenvalue weighted by molar-refractivity contribution is 7.99. The van der Waals surface area contributed by atoms with E-state index in [1.54, 1.807) is 11.8 Å². The Morgan fingerprint density at radius 3 is 2.21 bits per heavy atom. The normalized spacial score (nSPS) is 11.9. The summed E-state index contributed by atoms with van der Waals surface area (Å²) in [5.74, 6) is 0. The minimum absolute atomic E-state index is 0.788. The molecule has 0 amide bonds. The van der Waals surface area contributed by atoms with Crippen molar-refractivity contribution in [2.24, 2.45) is 0 Å². The Hall–Kier alpha value is -2.39. The van der Waals surface area contributed by atoms with E-state index in [-0.39, 0.29) is 0 Å². The molecule has 0 aromatic heterocycles. The fourth-order valence-electron chi connectivity index (χ4n) is 2.74. The molecular weight excluding hydrogens is 312 g/mol. The summed E-state index contributed by atoms with van der Waals surface area (Å²) in [4.78, 5) is 4.78. The number of nitrogens with zero attached hydrogens (tertiary/aromatic N) is 1. The van der Waals surface area contributed by atoms with Crippen LogP contribution in [0.1, 0.15) is 19.4 Å². The Kier molecular flexibility index (Phi) is 4.81. The molecule has 1 aliphatic heterocycles. The van der Waals surface area contributed by atoms with Crippen molar-refractivity contribution >= 4 is 34.5 Å². The first-order chi connectivity index (χ1) is 11.7. The van der Waals surface area contributed by atoms with Gasteiger partial charge in [-0.2, -0.15) is 0 Å².